The van der Waals surface area contributed by atoms with Crippen molar-refractivity contribution in [2.75, 3.05) is 19.0 Å². The topological polar surface area (TPSA) is 12.5 Å². The van der Waals surface area contributed by atoms with E-state index in [1.54, 1.807) is 0 Å². The Kier molecular flexibility index (Phi) is 5.75. The van der Waals surface area contributed by atoms with E-state index >= 15 is 0 Å². The normalized spacial score (nSPS) is 17.2. The van der Waals surface area contributed by atoms with Gasteiger partial charge in [-0.2, -0.15) is 0 Å². The van der Waals surface area contributed by atoms with E-state index in [1.165, 1.54) is 22.2 Å². The Morgan fingerprint density at radius 2 is 1.56 bits per heavy atom. The maximum atomic E-state index is 7.04. The van der Waals surface area contributed by atoms with Crippen molar-refractivity contribution < 1.29 is 4.74 Å². The number of rotatable bonds is 5. The highest BCUT2D eigenvalue weighted by molar-refractivity contribution is 5.94. The summed E-state index contributed by atoms with van der Waals surface area (Å²) in [6.45, 7) is 4.49. The summed E-state index contributed by atoms with van der Waals surface area (Å²) in [6.07, 6.45) is 8.81. The van der Waals surface area contributed by atoms with Crippen LogP contribution in [0.3, 0.4) is 0 Å². The van der Waals surface area contributed by atoms with E-state index in [0.29, 0.717) is 5.92 Å². The van der Waals surface area contributed by atoms with E-state index in [2.05, 4.69) is 136 Å². The average molecular weight is 446 g/mol. The van der Waals surface area contributed by atoms with Crippen LogP contribution < -0.4 is 9.64 Å². The minimum atomic E-state index is -0.702. The van der Waals surface area contributed by atoms with E-state index in [4.69, 9.17) is 4.74 Å². The van der Waals surface area contributed by atoms with Crippen molar-refractivity contribution in [3.63, 3.8) is 0 Å². The second-order valence-electron chi connectivity index (χ2n) is 9.50. The molecule has 0 bridgehead atoms. The van der Waals surface area contributed by atoms with Crippen LogP contribution in [0.1, 0.15) is 42.0 Å². The number of hydrogen-bond acceptors (Lipinski definition) is 2. The predicted octanol–water partition coefficient (Wildman–Crippen LogP) is 8.04. The lowest BCUT2D eigenvalue weighted by molar-refractivity contribution is 0.173. The average Bonchev–Trinajstić information content (AvgIpc) is 2.87. The lowest BCUT2D eigenvalue weighted by Crippen LogP contribution is -2.31. The molecule has 170 valence electrons. The SMILES string of the molecule is CC(C)c1cc2ccccc2c2c1C=CC(C=Cc1ccccc1)(c1ccc(N(C)C)cc1)O2. The summed E-state index contributed by atoms with van der Waals surface area (Å²) in [4.78, 5) is 2.12. The summed E-state index contributed by atoms with van der Waals surface area (Å²) >= 11 is 0. The fourth-order valence-electron chi connectivity index (χ4n) is 4.67. The molecule has 0 radical (unpaired) electrons. The molecule has 0 saturated carbocycles. The van der Waals surface area contributed by atoms with Gasteiger partial charge in [-0.25, -0.2) is 0 Å². The van der Waals surface area contributed by atoms with E-state index in [0.717, 1.165) is 22.3 Å². The monoisotopic (exact) mass is 445 g/mol. The van der Waals surface area contributed by atoms with Gasteiger partial charge in [0.25, 0.3) is 0 Å². The highest BCUT2D eigenvalue weighted by Gasteiger charge is 2.34. The molecule has 1 unspecified atom stereocenters. The molecular weight excluding hydrogens is 414 g/mol. The second kappa shape index (κ2) is 8.87. The van der Waals surface area contributed by atoms with E-state index < -0.39 is 5.60 Å². The molecule has 4 aromatic carbocycles. The molecule has 0 fully saturated rings. The zero-order valence-corrected chi connectivity index (χ0v) is 20.3. The second-order valence-corrected chi connectivity index (χ2v) is 9.50. The summed E-state index contributed by atoms with van der Waals surface area (Å²) in [5.74, 6) is 1.36. The summed E-state index contributed by atoms with van der Waals surface area (Å²) in [6, 6.07) is 29.9. The van der Waals surface area contributed by atoms with Crippen LogP contribution >= 0.6 is 0 Å². The number of benzene rings is 4. The molecule has 0 amide bonds. The lowest BCUT2D eigenvalue weighted by Gasteiger charge is -2.35. The van der Waals surface area contributed by atoms with Crippen molar-refractivity contribution in [3.8, 4) is 5.75 Å². The number of fused-ring (bicyclic) bond motifs is 3. The van der Waals surface area contributed by atoms with Crippen molar-refractivity contribution in [3.05, 3.63) is 119 Å². The van der Waals surface area contributed by atoms with Crippen molar-refractivity contribution in [2.24, 2.45) is 0 Å². The van der Waals surface area contributed by atoms with Gasteiger partial charge in [0.2, 0.25) is 0 Å². The molecule has 5 rings (SSSR count). The third-order valence-electron chi connectivity index (χ3n) is 6.62. The van der Waals surface area contributed by atoms with Gasteiger partial charge in [0.05, 0.1) is 0 Å². The Labute approximate surface area is 202 Å². The molecule has 34 heavy (non-hydrogen) atoms. The third-order valence-corrected chi connectivity index (χ3v) is 6.62. The van der Waals surface area contributed by atoms with Gasteiger partial charge in [0.1, 0.15) is 5.75 Å². The van der Waals surface area contributed by atoms with Crippen molar-refractivity contribution >= 4 is 28.6 Å². The smallest absolute Gasteiger partial charge is 0.171 e. The van der Waals surface area contributed by atoms with Gasteiger partial charge < -0.3 is 9.64 Å². The van der Waals surface area contributed by atoms with Crippen molar-refractivity contribution in [1.82, 2.24) is 0 Å². The Morgan fingerprint density at radius 1 is 0.853 bits per heavy atom. The Hall–Kier alpha value is -3.78. The first kappa shape index (κ1) is 22.0. The fraction of sp³-hybridized carbons (Fsp3) is 0.188. The van der Waals surface area contributed by atoms with E-state index in [1.807, 2.05) is 6.07 Å². The summed E-state index contributed by atoms with van der Waals surface area (Å²) in [7, 11) is 4.12. The van der Waals surface area contributed by atoms with Gasteiger partial charge in [-0.15, -0.1) is 0 Å². The summed E-state index contributed by atoms with van der Waals surface area (Å²) in [5.41, 5.74) is 5.21. The van der Waals surface area contributed by atoms with Crippen LogP contribution in [0.2, 0.25) is 0 Å². The van der Waals surface area contributed by atoms with Crippen LogP contribution in [0.15, 0.2) is 97.1 Å². The molecule has 0 aliphatic carbocycles. The van der Waals surface area contributed by atoms with Crippen molar-refractivity contribution in [1.29, 1.82) is 0 Å². The molecule has 1 aliphatic heterocycles. The first-order valence-electron chi connectivity index (χ1n) is 11.9. The molecule has 2 heteroatoms. The fourth-order valence-corrected chi connectivity index (χ4v) is 4.67. The van der Waals surface area contributed by atoms with E-state index in [9.17, 15) is 0 Å². The maximum absolute atomic E-state index is 7.04. The van der Waals surface area contributed by atoms with Crippen LogP contribution in [0.4, 0.5) is 5.69 Å². The predicted molar refractivity (Wildman–Crippen MR) is 146 cm³/mol. The van der Waals surface area contributed by atoms with Crippen LogP contribution in [0.25, 0.3) is 22.9 Å². The molecule has 0 N–H and O–H groups in total. The highest BCUT2D eigenvalue weighted by atomic mass is 16.5. The van der Waals surface area contributed by atoms with Crippen LogP contribution in [-0.4, -0.2) is 14.1 Å². The zero-order chi connectivity index (χ0) is 23.7. The Morgan fingerprint density at radius 3 is 2.26 bits per heavy atom. The van der Waals surface area contributed by atoms with Crippen LogP contribution in [0.5, 0.6) is 5.75 Å². The minimum Gasteiger partial charge on any atom is -0.473 e. The molecule has 1 atom stereocenters. The Bertz CT molecular complexity index is 1360. The number of hydrogen-bond donors (Lipinski definition) is 0. The molecule has 2 nitrogen and oxygen atoms in total. The molecule has 0 spiro atoms. The minimum absolute atomic E-state index is 0.401. The molecule has 1 aliphatic rings. The quantitative estimate of drug-likeness (QED) is 0.308. The first-order chi connectivity index (χ1) is 16.5. The van der Waals surface area contributed by atoms with Crippen molar-refractivity contribution in [2.45, 2.75) is 25.4 Å². The number of anilines is 1. The highest BCUT2D eigenvalue weighted by Crippen LogP contribution is 2.45. The standard InChI is InChI=1S/C32H31NO/c1-23(2)30-22-25-12-8-9-13-28(25)31-29(30)19-21-32(34-31,20-18-24-10-6-5-7-11-24)26-14-16-27(17-15-26)33(3)4/h5-23H,1-4H3. The van der Waals surface area contributed by atoms with Crippen LogP contribution in [-0.2, 0) is 5.60 Å². The van der Waals surface area contributed by atoms with Crippen LogP contribution in [0, 0.1) is 0 Å². The van der Waals surface area contributed by atoms with Gasteiger partial charge in [0, 0.05) is 36.3 Å². The lowest BCUT2D eigenvalue weighted by atomic mass is 9.85. The summed E-state index contributed by atoms with van der Waals surface area (Å²) in [5, 5.41) is 2.36. The molecule has 1 heterocycles. The molecule has 0 saturated heterocycles. The zero-order valence-electron chi connectivity index (χ0n) is 20.3. The molecule has 0 aromatic heterocycles. The Balaban J connectivity index is 1.70. The maximum Gasteiger partial charge on any atom is 0.171 e. The van der Waals surface area contributed by atoms with E-state index in [-0.39, 0.29) is 0 Å². The molecule has 4 aromatic rings. The van der Waals surface area contributed by atoms with Gasteiger partial charge in [-0.05, 0) is 46.7 Å². The third kappa shape index (κ3) is 4.01. The van der Waals surface area contributed by atoms with Gasteiger partial charge in [-0.3, -0.25) is 0 Å². The summed E-state index contributed by atoms with van der Waals surface area (Å²) < 4.78 is 7.04. The first-order valence-corrected chi connectivity index (χ1v) is 11.9. The van der Waals surface area contributed by atoms with Gasteiger partial charge >= 0.3 is 0 Å². The largest absolute Gasteiger partial charge is 0.473 e. The number of nitrogens with zero attached hydrogens (tertiary/aromatic N) is 1. The van der Waals surface area contributed by atoms with Gasteiger partial charge in [-0.1, -0.05) is 98.8 Å². The number of ether oxygens (including phenoxy) is 1. The molecular formula is C32H31NO. The van der Waals surface area contributed by atoms with Gasteiger partial charge in [0.15, 0.2) is 5.60 Å².